The molecule has 0 radical (unpaired) electrons. The average Bonchev–Trinajstić information content (AvgIpc) is 2.49. The molecule has 0 spiro atoms. The highest BCUT2D eigenvalue weighted by Gasteiger charge is 2.08. The van der Waals surface area contributed by atoms with Crippen molar-refractivity contribution in [2.45, 2.75) is 6.92 Å². The summed E-state index contributed by atoms with van der Waals surface area (Å²) >= 11 is 3.42. The van der Waals surface area contributed by atoms with E-state index in [9.17, 15) is 9.59 Å². The quantitative estimate of drug-likeness (QED) is 0.804. The van der Waals surface area contributed by atoms with Crippen molar-refractivity contribution in [3.63, 3.8) is 0 Å². The Labute approximate surface area is 136 Å². The van der Waals surface area contributed by atoms with Gasteiger partial charge >= 0.3 is 5.97 Å². The van der Waals surface area contributed by atoms with Crippen molar-refractivity contribution in [1.82, 2.24) is 0 Å². The molecule has 2 aromatic rings. The molecule has 0 aliphatic rings. The number of halogens is 1. The molecular weight excluding hydrogens is 346 g/mol. The second-order valence-corrected chi connectivity index (χ2v) is 5.54. The Morgan fingerprint density at radius 3 is 2.55 bits per heavy atom. The van der Waals surface area contributed by atoms with Crippen LogP contribution >= 0.6 is 15.9 Å². The maximum absolute atomic E-state index is 12.2. The Kier molecular flexibility index (Phi) is 5.12. The lowest BCUT2D eigenvalue weighted by atomic mass is 10.1. The predicted molar refractivity (Wildman–Crippen MR) is 89.8 cm³/mol. The number of hydrogen-bond acceptors (Lipinski definition) is 2. The van der Waals surface area contributed by atoms with Gasteiger partial charge in [-0.2, -0.15) is 0 Å². The van der Waals surface area contributed by atoms with Crippen LogP contribution in [0.25, 0.3) is 6.08 Å². The fraction of sp³-hybridized carbons (Fsp3) is 0.0588. The third kappa shape index (κ3) is 4.05. The molecule has 0 saturated heterocycles. The molecule has 4 nitrogen and oxygen atoms in total. The molecule has 2 N–H and O–H groups in total. The van der Waals surface area contributed by atoms with Crippen molar-refractivity contribution < 1.29 is 14.7 Å². The molecule has 0 aromatic heterocycles. The van der Waals surface area contributed by atoms with E-state index in [0.717, 1.165) is 10.0 Å². The first-order valence-corrected chi connectivity index (χ1v) is 7.34. The van der Waals surface area contributed by atoms with E-state index >= 15 is 0 Å². The van der Waals surface area contributed by atoms with Gasteiger partial charge in [0, 0.05) is 15.7 Å². The maximum atomic E-state index is 12.2. The Hall–Kier alpha value is -2.40. The van der Waals surface area contributed by atoms with E-state index in [4.69, 9.17) is 5.11 Å². The van der Waals surface area contributed by atoms with Crippen molar-refractivity contribution in [3.8, 4) is 0 Å². The molecule has 0 bridgehead atoms. The monoisotopic (exact) mass is 359 g/mol. The van der Waals surface area contributed by atoms with Gasteiger partial charge < -0.3 is 10.4 Å². The Balaban J connectivity index is 2.17. The van der Waals surface area contributed by atoms with Crippen LogP contribution in [0.3, 0.4) is 0 Å². The second kappa shape index (κ2) is 7.04. The summed E-state index contributed by atoms with van der Waals surface area (Å²) in [6.07, 6.45) is 1.76. The predicted octanol–water partition coefficient (Wildman–Crippen LogP) is 4.19. The van der Waals surface area contributed by atoms with Crippen molar-refractivity contribution in [3.05, 3.63) is 69.7 Å². The number of hydrogen-bond donors (Lipinski definition) is 2. The van der Waals surface area contributed by atoms with Crippen LogP contribution in [0.4, 0.5) is 5.69 Å². The number of carboxylic acids is 1. The normalized spacial score (nSPS) is 11.1. The molecular formula is C17H14BrNO3. The van der Waals surface area contributed by atoms with Crippen molar-refractivity contribution in [1.29, 1.82) is 0 Å². The smallest absolute Gasteiger partial charge is 0.335 e. The third-order valence-electron chi connectivity index (χ3n) is 3.00. The molecule has 0 atom stereocenters. The molecule has 0 heterocycles. The minimum absolute atomic E-state index is 0.130. The molecule has 0 fully saturated rings. The lowest BCUT2D eigenvalue weighted by Gasteiger charge is -2.07. The van der Waals surface area contributed by atoms with Gasteiger partial charge in [-0.1, -0.05) is 40.2 Å². The second-order valence-electron chi connectivity index (χ2n) is 4.69. The van der Waals surface area contributed by atoms with E-state index < -0.39 is 5.97 Å². The number of carbonyl (C=O) groups is 2. The summed E-state index contributed by atoms with van der Waals surface area (Å²) in [7, 11) is 0. The summed E-state index contributed by atoms with van der Waals surface area (Å²) in [5.41, 5.74) is 2.00. The summed E-state index contributed by atoms with van der Waals surface area (Å²) in [5.74, 6) is -1.31. The molecule has 0 saturated carbocycles. The summed E-state index contributed by atoms with van der Waals surface area (Å²) in [6.45, 7) is 1.70. The fourth-order valence-electron chi connectivity index (χ4n) is 1.85. The van der Waals surface area contributed by atoms with Crippen molar-refractivity contribution in [2.75, 3.05) is 5.32 Å². The van der Waals surface area contributed by atoms with Gasteiger partial charge in [-0.05, 0) is 42.8 Å². The van der Waals surface area contributed by atoms with Gasteiger partial charge in [0.2, 0.25) is 0 Å². The fourth-order valence-corrected chi connectivity index (χ4v) is 2.25. The molecule has 22 heavy (non-hydrogen) atoms. The van der Waals surface area contributed by atoms with Crippen LogP contribution in [0.2, 0.25) is 0 Å². The van der Waals surface area contributed by atoms with E-state index in [2.05, 4.69) is 21.2 Å². The number of amides is 1. The van der Waals surface area contributed by atoms with Crippen LogP contribution in [-0.4, -0.2) is 17.0 Å². The van der Waals surface area contributed by atoms with E-state index in [1.165, 1.54) is 12.1 Å². The minimum atomic E-state index is -1.03. The molecule has 0 aliphatic heterocycles. The maximum Gasteiger partial charge on any atom is 0.335 e. The van der Waals surface area contributed by atoms with E-state index in [1.807, 2.05) is 24.3 Å². The van der Waals surface area contributed by atoms with Gasteiger partial charge in [0.05, 0.1) is 5.56 Å². The number of anilines is 1. The average molecular weight is 360 g/mol. The van der Waals surface area contributed by atoms with Crippen LogP contribution in [0.15, 0.2) is 58.6 Å². The van der Waals surface area contributed by atoms with Gasteiger partial charge in [-0.15, -0.1) is 0 Å². The zero-order valence-corrected chi connectivity index (χ0v) is 13.4. The number of carbonyl (C=O) groups excluding carboxylic acids is 1. The SMILES string of the molecule is CC(=Cc1ccccc1Br)C(=O)Nc1cccc(C(=O)O)c1. The van der Waals surface area contributed by atoms with E-state index in [0.29, 0.717) is 11.3 Å². The molecule has 1 amide bonds. The highest BCUT2D eigenvalue weighted by molar-refractivity contribution is 9.10. The first-order valence-electron chi connectivity index (χ1n) is 6.55. The molecule has 5 heteroatoms. The van der Waals surface area contributed by atoms with Crippen LogP contribution in [0.1, 0.15) is 22.8 Å². The Bertz CT molecular complexity index is 753. The Morgan fingerprint density at radius 2 is 1.86 bits per heavy atom. The zero-order chi connectivity index (χ0) is 16.1. The molecule has 0 unspecified atom stereocenters. The number of carboxylic acid groups (broad SMARTS) is 1. The highest BCUT2D eigenvalue weighted by atomic mass is 79.9. The molecule has 112 valence electrons. The van der Waals surface area contributed by atoms with Gasteiger partial charge in [-0.25, -0.2) is 4.79 Å². The molecule has 2 aromatic carbocycles. The van der Waals surface area contributed by atoms with Crippen LogP contribution in [0, 0.1) is 0 Å². The molecule has 0 aliphatic carbocycles. The molecule has 2 rings (SSSR count). The summed E-state index contributed by atoms with van der Waals surface area (Å²) < 4.78 is 0.898. The largest absolute Gasteiger partial charge is 0.478 e. The van der Waals surface area contributed by atoms with Crippen molar-refractivity contribution in [2.24, 2.45) is 0 Å². The lowest BCUT2D eigenvalue weighted by Crippen LogP contribution is -2.13. The first kappa shape index (κ1) is 16.0. The lowest BCUT2D eigenvalue weighted by molar-refractivity contribution is -0.112. The topological polar surface area (TPSA) is 66.4 Å². The van der Waals surface area contributed by atoms with Crippen LogP contribution in [-0.2, 0) is 4.79 Å². The standard InChI is InChI=1S/C17H14BrNO3/c1-11(9-12-5-2-3-8-15(12)18)16(20)19-14-7-4-6-13(10-14)17(21)22/h2-10H,1H3,(H,19,20)(H,21,22). The number of aromatic carboxylic acids is 1. The van der Waals surface area contributed by atoms with E-state index in [1.54, 1.807) is 25.1 Å². The van der Waals surface area contributed by atoms with Gasteiger partial charge in [0.1, 0.15) is 0 Å². The summed E-state index contributed by atoms with van der Waals surface area (Å²) in [5, 5.41) is 11.6. The zero-order valence-electron chi connectivity index (χ0n) is 11.8. The van der Waals surface area contributed by atoms with Gasteiger partial charge in [0.25, 0.3) is 5.91 Å². The van der Waals surface area contributed by atoms with Gasteiger partial charge in [0.15, 0.2) is 0 Å². The summed E-state index contributed by atoms with van der Waals surface area (Å²) in [4.78, 5) is 23.1. The van der Waals surface area contributed by atoms with Crippen LogP contribution < -0.4 is 5.32 Å². The number of benzene rings is 2. The van der Waals surface area contributed by atoms with Crippen LogP contribution in [0.5, 0.6) is 0 Å². The van der Waals surface area contributed by atoms with Gasteiger partial charge in [-0.3, -0.25) is 4.79 Å². The highest BCUT2D eigenvalue weighted by Crippen LogP contribution is 2.19. The number of rotatable bonds is 4. The minimum Gasteiger partial charge on any atom is -0.478 e. The van der Waals surface area contributed by atoms with Crippen molar-refractivity contribution >= 4 is 39.6 Å². The van der Waals surface area contributed by atoms with E-state index in [-0.39, 0.29) is 11.5 Å². The first-order chi connectivity index (χ1) is 10.5. The Morgan fingerprint density at radius 1 is 1.14 bits per heavy atom. The summed E-state index contributed by atoms with van der Waals surface area (Å²) in [6, 6.07) is 13.7. The third-order valence-corrected chi connectivity index (χ3v) is 3.72. The number of nitrogens with one attached hydrogen (secondary N) is 1.